The van der Waals surface area contributed by atoms with Crippen LogP contribution in [0.3, 0.4) is 0 Å². The largest absolute Gasteiger partial charge is 0.491 e. The molecular weight excluding hydrogens is 316 g/mol. The minimum Gasteiger partial charge on any atom is -0.491 e. The Balaban J connectivity index is 1.80. The molecule has 0 unspecified atom stereocenters. The number of hydrogen-bond acceptors (Lipinski definition) is 4. The van der Waals surface area contributed by atoms with Gasteiger partial charge in [-0.3, -0.25) is 9.78 Å². The molecule has 0 aliphatic heterocycles. The second-order valence-corrected chi connectivity index (χ2v) is 5.87. The zero-order valence-electron chi connectivity index (χ0n) is 14.2. The summed E-state index contributed by atoms with van der Waals surface area (Å²) >= 11 is 0. The molecule has 0 spiro atoms. The number of rotatable bonds is 5. The van der Waals surface area contributed by atoms with E-state index in [2.05, 4.69) is 10.3 Å². The fraction of sp³-hybridized carbons (Fsp3) is 0.200. The topological polar surface area (TPSA) is 71.5 Å². The van der Waals surface area contributed by atoms with Crippen molar-refractivity contribution in [1.29, 1.82) is 0 Å². The average Bonchev–Trinajstić information content (AvgIpc) is 2.61. The van der Waals surface area contributed by atoms with Gasteiger partial charge in [-0.15, -0.1) is 0 Å². The first-order chi connectivity index (χ1) is 12.1. The Morgan fingerprint density at radius 3 is 2.60 bits per heavy atom. The maximum Gasteiger partial charge on any atom is 0.257 e. The number of hydrogen-bond donors (Lipinski definition) is 2. The molecule has 0 aliphatic carbocycles. The van der Waals surface area contributed by atoms with Crippen molar-refractivity contribution in [3.63, 3.8) is 0 Å². The number of aliphatic hydroxyl groups excluding tert-OH is 1. The third-order valence-electron chi connectivity index (χ3n) is 3.88. The van der Waals surface area contributed by atoms with E-state index in [-0.39, 0.29) is 19.1 Å². The van der Waals surface area contributed by atoms with Gasteiger partial charge in [0.2, 0.25) is 0 Å². The molecule has 0 fully saturated rings. The van der Waals surface area contributed by atoms with E-state index < -0.39 is 0 Å². The summed E-state index contributed by atoms with van der Waals surface area (Å²) in [5.74, 6) is 0.448. The molecule has 128 valence electrons. The lowest BCUT2D eigenvalue weighted by Crippen LogP contribution is -2.14. The van der Waals surface area contributed by atoms with Crippen LogP contribution in [0.15, 0.2) is 48.5 Å². The normalized spacial score (nSPS) is 10.7. The monoisotopic (exact) mass is 336 g/mol. The molecule has 0 atom stereocenters. The molecule has 5 nitrogen and oxygen atoms in total. The molecule has 25 heavy (non-hydrogen) atoms. The van der Waals surface area contributed by atoms with Crippen LogP contribution in [0.1, 0.15) is 21.6 Å². The van der Waals surface area contributed by atoms with E-state index in [0.29, 0.717) is 22.7 Å². The molecule has 2 aromatic carbocycles. The van der Waals surface area contributed by atoms with Crippen molar-refractivity contribution in [2.75, 3.05) is 18.5 Å². The summed E-state index contributed by atoms with van der Waals surface area (Å²) in [4.78, 5) is 17.1. The second kappa shape index (κ2) is 7.32. The van der Waals surface area contributed by atoms with Crippen LogP contribution in [0.4, 0.5) is 5.69 Å². The van der Waals surface area contributed by atoms with Gasteiger partial charge in [-0.2, -0.15) is 0 Å². The van der Waals surface area contributed by atoms with E-state index in [0.717, 1.165) is 16.5 Å². The van der Waals surface area contributed by atoms with Gasteiger partial charge < -0.3 is 15.2 Å². The number of aromatic nitrogens is 1. The van der Waals surface area contributed by atoms with Crippen LogP contribution in [0.5, 0.6) is 5.75 Å². The number of carbonyl (C=O) groups is 1. The Bertz CT molecular complexity index is 905. The van der Waals surface area contributed by atoms with Crippen molar-refractivity contribution in [3.05, 3.63) is 65.4 Å². The third-order valence-corrected chi connectivity index (χ3v) is 3.88. The highest BCUT2D eigenvalue weighted by Crippen LogP contribution is 2.20. The minimum atomic E-state index is -0.197. The molecule has 0 aliphatic rings. The first kappa shape index (κ1) is 16.9. The lowest BCUT2D eigenvalue weighted by molar-refractivity contribution is 0.102. The number of carbonyl (C=O) groups excluding carboxylic acids is 1. The summed E-state index contributed by atoms with van der Waals surface area (Å²) in [6, 6.07) is 14.9. The van der Waals surface area contributed by atoms with E-state index in [1.807, 2.05) is 38.1 Å². The average molecular weight is 336 g/mol. The molecule has 3 rings (SSSR count). The van der Waals surface area contributed by atoms with E-state index >= 15 is 0 Å². The molecule has 2 N–H and O–H groups in total. The molecule has 1 heterocycles. The summed E-state index contributed by atoms with van der Waals surface area (Å²) in [6.07, 6.45) is 0. The van der Waals surface area contributed by atoms with Crippen LogP contribution >= 0.6 is 0 Å². The molecule has 1 amide bonds. The highest BCUT2D eigenvalue weighted by molar-refractivity contribution is 6.06. The molecule has 3 aromatic rings. The van der Waals surface area contributed by atoms with E-state index in [9.17, 15) is 4.79 Å². The summed E-state index contributed by atoms with van der Waals surface area (Å²) in [5.41, 5.74) is 3.92. The number of anilines is 1. The highest BCUT2D eigenvalue weighted by Gasteiger charge is 2.12. The third kappa shape index (κ3) is 3.95. The molecule has 0 saturated carbocycles. The predicted octanol–water partition coefficient (Wildman–Crippen LogP) is 3.48. The van der Waals surface area contributed by atoms with Gasteiger partial charge in [0.15, 0.2) is 0 Å². The van der Waals surface area contributed by atoms with Crippen molar-refractivity contribution >= 4 is 22.5 Å². The van der Waals surface area contributed by atoms with Gasteiger partial charge in [0.25, 0.3) is 5.91 Å². The van der Waals surface area contributed by atoms with Crippen molar-refractivity contribution < 1.29 is 14.6 Å². The number of benzene rings is 2. The number of aliphatic hydroxyl groups is 1. The van der Waals surface area contributed by atoms with E-state index in [1.54, 1.807) is 24.3 Å². The van der Waals surface area contributed by atoms with Crippen LogP contribution in [0.2, 0.25) is 0 Å². The number of nitrogens with one attached hydrogen (secondary N) is 1. The lowest BCUT2D eigenvalue weighted by Gasteiger charge is -2.10. The zero-order valence-corrected chi connectivity index (χ0v) is 14.2. The van der Waals surface area contributed by atoms with Crippen molar-refractivity contribution in [2.24, 2.45) is 0 Å². The second-order valence-electron chi connectivity index (χ2n) is 5.87. The van der Waals surface area contributed by atoms with Crippen molar-refractivity contribution in [2.45, 2.75) is 13.8 Å². The van der Waals surface area contributed by atoms with Crippen molar-refractivity contribution in [1.82, 2.24) is 4.98 Å². The van der Waals surface area contributed by atoms with Crippen LogP contribution < -0.4 is 10.1 Å². The number of nitrogens with zero attached hydrogens (tertiary/aromatic N) is 1. The van der Waals surface area contributed by atoms with E-state index in [4.69, 9.17) is 9.84 Å². The van der Waals surface area contributed by atoms with Gasteiger partial charge in [0, 0.05) is 11.1 Å². The summed E-state index contributed by atoms with van der Waals surface area (Å²) in [6.45, 7) is 4.05. The minimum absolute atomic E-state index is 0.0355. The number of pyridine rings is 1. The van der Waals surface area contributed by atoms with E-state index in [1.165, 1.54) is 0 Å². The Kier molecular flexibility index (Phi) is 4.95. The first-order valence-electron chi connectivity index (χ1n) is 8.10. The van der Waals surface area contributed by atoms with Crippen LogP contribution in [-0.2, 0) is 0 Å². The summed E-state index contributed by atoms with van der Waals surface area (Å²) < 4.78 is 5.31. The fourth-order valence-corrected chi connectivity index (χ4v) is 2.62. The quantitative estimate of drug-likeness (QED) is 0.748. The van der Waals surface area contributed by atoms with Gasteiger partial charge >= 0.3 is 0 Å². The van der Waals surface area contributed by atoms with Crippen LogP contribution in [0.25, 0.3) is 10.9 Å². The number of ether oxygens (including phenoxy) is 1. The highest BCUT2D eigenvalue weighted by atomic mass is 16.5. The first-order valence-corrected chi connectivity index (χ1v) is 8.10. The number of amides is 1. The Labute approximate surface area is 146 Å². The van der Waals surface area contributed by atoms with Gasteiger partial charge in [-0.1, -0.05) is 11.6 Å². The van der Waals surface area contributed by atoms with Crippen LogP contribution in [-0.4, -0.2) is 29.2 Å². The Morgan fingerprint density at radius 2 is 1.88 bits per heavy atom. The van der Waals surface area contributed by atoms with Gasteiger partial charge in [-0.05, 0) is 56.3 Å². The maximum atomic E-state index is 12.6. The van der Waals surface area contributed by atoms with Gasteiger partial charge in [0.05, 0.1) is 23.4 Å². The molecule has 0 radical (unpaired) electrons. The summed E-state index contributed by atoms with van der Waals surface area (Å²) in [5, 5.41) is 12.6. The van der Waals surface area contributed by atoms with Crippen LogP contribution in [0, 0.1) is 13.8 Å². The SMILES string of the molecule is Cc1ccc2nc(C)c(C(=O)Nc3ccc(OCCO)cc3)cc2c1. The lowest BCUT2D eigenvalue weighted by atomic mass is 10.1. The zero-order chi connectivity index (χ0) is 17.8. The molecule has 0 saturated heterocycles. The smallest absolute Gasteiger partial charge is 0.257 e. The number of fused-ring (bicyclic) bond motifs is 1. The molecule has 1 aromatic heterocycles. The maximum absolute atomic E-state index is 12.6. The van der Waals surface area contributed by atoms with Gasteiger partial charge in [-0.25, -0.2) is 0 Å². The standard InChI is InChI=1S/C20H20N2O3/c1-13-3-8-19-15(11-13)12-18(14(2)21-19)20(24)22-16-4-6-17(7-5-16)25-10-9-23/h3-8,11-12,23H,9-10H2,1-2H3,(H,22,24). The Hall–Kier alpha value is -2.92. The predicted molar refractivity (Wildman–Crippen MR) is 98.2 cm³/mol. The summed E-state index contributed by atoms with van der Waals surface area (Å²) in [7, 11) is 0. The molecule has 0 bridgehead atoms. The molecular formula is C20H20N2O3. The van der Waals surface area contributed by atoms with Gasteiger partial charge in [0.1, 0.15) is 12.4 Å². The fourth-order valence-electron chi connectivity index (χ4n) is 2.62. The molecule has 5 heteroatoms. The number of aryl methyl sites for hydroxylation is 2. The Morgan fingerprint density at radius 1 is 1.12 bits per heavy atom. The van der Waals surface area contributed by atoms with Crippen molar-refractivity contribution in [3.8, 4) is 5.75 Å².